The lowest BCUT2D eigenvalue weighted by Gasteiger charge is -2.34. The van der Waals surface area contributed by atoms with Crippen LogP contribution in [-0.4, -0.2) is 86.3 Å². The Bertz CT molecular complexity index is 535. The minimum absolute atomic E-state index is 0.213. The van der Waals surface area contributed by atoms with Crippen molar-refractivity contribution < 1.29 is 28.5 Å². The average molecular weight is 370 g/mol. The van der Waals surface area contributed by atoms with Gasteiger partial charge in [-0.3, -0.25) is 4.90 Å². The number of aliphatic hydroxyl groups excluding tert-OH is 1. The van der Waals surface area contributed by atoms with Crippen molar-refractivity contribution in [1.29, 1.82) is 0 Å². The van der Waals surface area contributed by atoms with E-state index in [4.69, 9.17) is 14.2 Å². The van der Waals surface area contributed by atoms with Gasteiger partial charge in [-0.1, -0.05) is 0 Å². The van der Waals surface area contributed by atoms with Gasteiger partial charge in [0.2, 0.25) is 0 Å². The topological polar surface area (TPSA) is 71.5 Å². The second kappa shape index (κ2) is 10.9. The van der Waals surface area contributed by atoms with E-state index in [0.717, 1.165) is 0 Å². The van der Waals surface area contributed by atoms with Crippen LogP contribution in [0.15, 0.2) is 24.3 Å². The molecular weight excluding hydrogens is 343 g/mol. The first-order valence-electron chi connectivity index (χ1n) is 8.86. The van der Waals surface area contributed by atoms with E-state index >= 15 is 0 Å². The first-order chi connectivity index (χ1) is 12.6. The van der Waals surface area contributed by atoms with Gasteiger partial charge in [-0.15, -0.1) is 0 Å². The summed E-state index contributed by atoms with van der Waals surface area (Å²) in [5, 5.41) is 10.1. The summed E-state index contributed by atoms with van der Waals surface area (Å²) < 4.78 is 28.6. The predicted molar refractivity (Wildman–Crippen MR) is 93.8 cm³/mol. The second-order valence-corrected chi connectivity index (χ2v) is 6.02. The molecule has 146 valence electrons. The highest BCUT2D eigenvalue weighted by Gasteiger charge is 2.23. The van der Waals surface area contributed by atoms with Gasteiger partial charge >= 0.3 is 6.09 Å². The number of rotatable bonds is 9. The Balaban J connectivity index is 1.53. The maximum absolute atomic E-state index is 12.8. The van der Waals surface area contributed by atoms with Crippen LogP contribution in [0.4, 0.5) is 9.18 Å². The van der Waals surface area contributed by atoms with Crippen molar-refractivity contribution in [3.05, 3.63) is 30.1 Å². The molecule has 7 nitrogen and oxygen atoms in total. The van der Waals surface area contributed by atoms with E-state index in [0.29, 0.717) is 58.3 Å². The molecule has 0 aliphatic carbocycles. The van der Waals surface area contributed by atoms with Crippen LogP contribution in [0.3, 0.4) is 0 Å². The van der Waals surface area contributed by atoms with Crippen molar-refractivity contribution in [2.24, 2.45) is 0 Å². The summed E-state index contributed by atoms with van der Waals surface area (Å²) in [7, 11) is 0. The molecule has 1 aromatic rings. The number of amides is 1. The van der Waals surface area contributed by atoms with E-state index in [1.807, 2.05) is 0 Å². The van der Waals surface area contributed by atoms with Crippen LogP contribution in [-0.2, 0) is 9.47 Å². The highest BCUT2D eigenvalue weighted by Crippen LogP contribution is 2.10. The molecule has 1 N–H and O–H groups in total. The third-order valence-electron chi connectivity index (χ3n) is 3.99. The summed E-state index contributed by atoms with van der Waals surface area (Å²) >= 11 is 0. The van der Waals surface area contributed by atoms with Crippen LogP contribution >= 0.6 is 0 Å². The Kier molecular flexibility index (Phi) is 8.60. The molecule has 0 radical (unpaired) electrons. The molecule has 1 amide bonds. The fourth-order valence-corrected chi connectivity index (χ4v) is 2.65. The van der Waals surface area contributed by atoms with Gasteiger partial charge in [0, 0.05) is 32.7 Å². The zero-order valence-electron chi connectivity index (χ0n) is 15.1. The Morgan fingerprint density at radius 2 is 1.88 bits per heavy atom. The number of hydrogen-bond acceptors (Lipinski definition) is 6. The number of aliphatic hydroxyl groups is 1. The first kappa shape index (κ1) is 20.4. The van der Waals surface area contributed by atoms with Gasteiger partial charge in [0.25, 0.3) is 0 Å². The lowest BCUT2D eigenvalue weighted by molar-refractivity contribution is -0.0000982. The number of ether oxygens (including phenoxy) is 3. The fraction of sp³-hybridized carbons (Fsp3) is 0.611. The number of nitrogens with zero attached hydrogens (tertiary/aromatic N) is 2. The van der Waals surface area contributed by atoms with E-state index in [2.05, 4.69) is 4.90 Å². The number of β-amino-alcohol motifs (C(OH)–C–C–N with tert-alkyl or cyclic N) is 1. The van der Waals surface area contributed by atoms with Gasteiger partial charge in [-0.2, -0.15) is 0 Å². The fourth-order valence-electron chi connectivity index (χ4n) is 2.65. The van der Waals surface area contributed by atoms with Gasteiger partial charge < -0.3 is 24.2 Å². The zero-order chi connectivity index (χ0) is 18.8. The summed E-state index contributed by atoms with van der Waals surface area (Å²) in [5.74, 6) is 0.273. The maximum Gasteiger partial charge on any atom is 0.409 e. The SMILES string of the molecule is CCOC(=O)N1CCN(C[C@@H](O)COCCOc2ccc(F)cc2)CC1. The van der Waals surface area contributed by atoms with Crippen molar-refractivity contribution in [3.63, 3.8) is 0 Å². The Labute approximate surface area is 153 Å². The maximum atomic E-state index is 12.8. The minimum atomic E-state index is -0.602. The van der Waals surface area contributed by atoms with Crippen LogP contribution in [0.25, 0.3) is 0 Å². The molecule has 1 heterocycles. The number of piperazine rings is 1. The molecule has 1 fully saturated rings. The van der Waals surface area contributed by atoms with E-state index in [1.165, 1.54) is 12.1 Å². The average Bonchev–Trinajstić information content (AvgIpc) is 2.64. The first-order valence-corrected chi connectivity index (χ1v) is 8.86. The van der Waals surface area contributed by atoms with E-state index < -0.39 is 6.10 Å². The summed E-state index contributed by atoms with van der Waals surface area (Å²) in [4.78, 5) is 15.4. The van der Waals surface area contributed by atoms with Gasteiger partial charge in [-0.25, -0.2) is 9.18 Å². The Morgan fingerprint density at radius 3 is 2.54 bits per heavy atom. The van der Waals surface area contributed by atoms with Crippen LogP contribution < -0.4 is 4.74 Å². The molecular formula is C18H27FN2O5. The highest BCUT2D eigenvalue weighted by atomic mass is 19.1. The monoisotopic (exact) mass is 370 g/mol. The normalized spacial score (nSPS) is 16.3. The lowest BCUT2D eigenvalue weighted by atomic mass is 10.3. The molecule has 1 saturated heterocycles. The summed E-state index contributed by atoms with van der Waals surface area (Å²) in [5.41, 5.74) is 0. The molecule has 1 aliphatic rings. The van der Waals surface area contributed by atoms with E-state index in [-0.39, 0.29) is 18.5 Å². The number of hydrogen-bond donors (Lipinski definition) is 1. The summed E-state index contributed by atoms with van der Waals surface area (Å²) in [6.07, 6.45) is -0.882. The summed E-state index contributed by atoms with van der Waals surface area (Å²) in [6.45, 7) is 6.13. The van der Waals surface area contributed by atoms with Gasteiger partial charge in [0.15, 0.2) is 0 Å². The van der Waals surface area contributed by atoms with E-state index in [9.17, 15) is 14.3 Å². The smallest absolute Gasteiger partial charge is 0.409 e. The molecule has 0 saturated carbocycles. The van der Waals surface area contributed by atoms with Crippen molar-refractivity contribution >= 4 is 6.09 Å². The second-order valence-electron chi connectivity index (χ2n) is 6.02. The molecule has 0 unspecified atom stereocenters. The van der Waals surface area contributed by atoms with Crippen molar-refractivity contribution in [2.45, 2.75) is 13.0 Å². The van der Waals surface area contributed by atoms with Crippen LogP contribution in [0.5, 0.6) is 5.75 Å². The van der Waals surface area contributed by atoms with Gasteiger partial charge in [0.1, 0.15) is 18.2 Å². The predicted octanol–water partition coefficient (Wildman–Crippen LogP) is 1.36. The van der Waals surface area contributed by atoms with Crippen LogP contribution in [0.1, 0.15) is 6.92 Å². The molecule has 2 rings (SSSR count). The highest BCUT2D eigenvalue weighted by molar-refractivity contribution is 5.67. The molecule has 0 aromatic heterocycles. The number of benzene rings is 1. The van der Waals surface area contributed by atoms with Crippen LogP contribution in [0, 0.1) is 5.82 Å². The summed E-state index contributed by atoms with van der Waals surface area (Å²) in [6, 6.07) is 5.78. The lowest BCUT2D eigenvalue weighted by Crippen LogP contribution is -2.51. The molecule has 1 atom stereocenters. The van der Waals surface area contributed by atoms with Gasteiger partial charge in [0.05, 0.1) is 25.9 Å². The molecule has 1 aromatic carbocycles. The van der Waals surface area contributed by atoms with E-state index in [1.54, 1.807) is 24.0 Å². The Morgan fingerprint density at radius 1 is 1.19 bits per heavy atom. The van der Waals surface area contributed by atoms with Crippen molar-refractivity contribution in [3.8, 4) is 5.75 Å². The minimum Gasteiger partial charge on any atom is -0.491 e. The largest absolute Gasteiger partial charge is 0.491 e. The van der Waals surface area contributed by atoms with Crippen LogP contribution in [0.2, 0.25) is 0 Å². The molecule has 26 heavy (non-hydrogen) atoms. The number of halogens is 1. The van der Waals surface area contributed by atoms with Crippen molar-refractivity contribution in [1.82, 2.24) is 9.80 Å². The Hall–Kier alpha value is -1.90. The number of carbonyl (C=O) groups excluding carboxylic acids is 1. The zero-order valence-corrected chi connectivity index (χ0v) is 15.1. The van der Waals surface area contributed by atoms with Crippen molar-refractivity contribution in [2.75, 3.05) is 59.2 Å². The van der Waals surface area contributed by atoms with Gasteiger partial charge in [-0.05, 0) is 31.2 Å². The molecule has 1 aliphatic heterocycles. The molecule has 0 bridgehead atoms. The number of carbonyl (C=O) groups is 1. The molecule has 8 heteroatoms. The third-order valence-corrected chi connectivity index (χ3v) is 3.99. The molecule has 0 spiro atoms. The third kappa shape index (κ3) is 7.15. The standard InChI is InChI=1S/C18H27FN2O5/c1-2-25-18(23)21-9-7-20(8-10-21)13-16(22)14-24-11-12-26-17-5-3-15(19)4-6-17/h3-6,16,22H,2,7-14H2,1H3/t16-/m1/s1. The quantitative estimate of drug-likeness (QED) is 0.662.